The molecule has 0 spiro atoms. The Morgan fingerprint density at radius 3 is 3.24 bits per heavy atom. The molecule has 6 heteroatoms. The molecule has 1 atom stereocenters. The molecular weight excluding hydrogens is 234 g/mol. The molecule has 0 radical (unpaired) electrons. The first kappa shape index (κ1) is 10.9. The van der Waals surface area contributed by atoms with E-state index in [-0.39, 0.29) is 0 Å². The van der Waals surface area contributed by atoms with Crippen LogP contribution in [0, 0.1) is 0 Å². The lowest BCUT2D eigenvalue weighted by Crippen LogP contribution is -2.32. The lowest BCUT2D eigenvalue weighted by atomic mass is 10.2. The largest absolute Gasteiger partial charge is 0.293 e. The number of aromatic nitrogens is 4. The smallest absolute Gasteiger partial charge is 0.137 e. The maximum Gasteiger partial charge on any atom is 0.137 e. The highest BCUT2D eigenvalue weighted by Gasteiger charge is 2.25. The van der Waals surface area contributed by atoms with Crippen molar-refractivity contribution in [3.63, 3.8) is 0 Å². The fourth-order valence-corrected chi connectivity index (χ4v) is 2.93. The topological polar surface area (TPSA) is 46.8 Å². The number of rotatable bonds is 4. The van der Waals surface area contributed by atoms with Crippen molar-refractivity contribution in [2.45, 2.75) is 32.0 Å². The van der Waals surface area contributed by atoms with Crippen molar-refractivity contribution in [1.82, 2.24) is 24.6 Å². The van der Waals surface area contributed by atoms with Crippen LogP contribution in [0.4, 0.5) is 0 Å². The Bertz CT molecular complexity index is 396. The molecule has 0 N–H and O–H groups in total. The van der Waals surface area contributed by atoms with Crippen molar-refractivity contribution in [3.05, 3.63) is 29.2 Å². The number of hydrogen-bond acceptors (Lipinski definition) is 5. The van der Waals surface area contributed by atoms with Gasteiger partial charge in [0.25, 0.3) is 0 Å². The van der Waals surface area contributed by atoms with E-state index in [1.807, 2.05) is 10.2 Å². The van der Waals surface area contributed by atoms with E-state index in [0.717, 1.165) is 19.6 Å². The van der Waals surface area contributed by atoms with Gasteiger partial charge in [-0.15, -0.1) is 11.3 Å². The summed E-state index contributed by atoms with van der Waals surface area (Å²) < 4.78 is 1.92. The molecule has 2 aromatic rings. The lowest BCUT2D eigenvalue weighted by Gasteiger charge is -2.23. The van der Waals surface area contributed by atoms with Gasteiger partial charge in [0.1, 0.15) is 12.7 Å². The summed E-state index contributed by atoms with van der Waals surface area (Å²) in [5.74, 6) is 0. The van der Waals surface area contributed by atoms with E-state index in [0.29, 0.717) is 6.04 Å². The number of hydrogen-bond donors (Lipinski definition) is 0. The van der Waals surface area contributed by atoms with Gasteiger partial charge in [0.05, 0.1) is 17.7 Å². The minimum atomic E-state index is 0.568. The van der Waals surface area contributed by atoms with Crippen molar-refractivity contribution in [3.8, 4) is 0 Å². The van der Waals surface area contributed by atoms with Crippen molar-refractivity contribution in [2.24, 2.45) is 0 Å². The van der Waals surface area contributed by atoms with Gasteiger partial charge >= 0.3 is 0 Å². The molecule has 0 saturated carbocycles. The minimum absolute atomic E-state index is 0.568. The monoisotopic (exact) mass is 249 g/mol. The fraction of sp³-hybridized carbons (Fsp3) is 0.545. The van der Waals surface area contributed by atoms with E-state index >= 15 is 0 Å². The van der Waals surface area contributed by atoms with Crippen LogP contribution in [0.25, 0.3) is 0 Å². The van der Waals surface area contributed by atoms with Crippen LogP contribution in [-0.4, -0.2) is 37.2 Å². The first-order valence-corrected chi connectivity index (χ1v) is 6.79. The molecular formula is C11H15N5S. The Hall–Kier alpha value is -1.27. The molecule has 3 heterocycles. The van der Waals surface area contributed by atoms with Gasteiger partial charge in [-0.2, -0.15) is 5.10 Å². The Kier molecular flexibility index (Phi) is 3.15. The Morgan fingerprint density at radius 2 is 2.47 bits per heavy atom. The van der Waals surface area contributed by atoms with Gasteiger partial charge in [-0.3, -0.25) is 9.58 Å². The molecule has 0 aromatic carbocycles. The van der Waals surface area contributed by atoms with Crippen molar-refractivity contribution >= 4 is 11.3 Å². The zero-order valence-electron chi connectivity index (χ0n) is 9.57. The van der Waals surface area contributed by atoms with Crippen LogP contribution in [0.5, 0.6) is 0 Å². The minimum Gasteiger partial charge on any atom is -0.293 e. The Morgan fingerprint density at radius 1 is 1.47 bits per heavy atom. The SMILES string of the molecule is c1ncn(C[C@@H]2CCCN2Cc2cscn2)n1. The molecule has 90 valence electrons. The van der Waals surface area contributed by atoms with Gasteiger partial charge in [0.2, 0.25) is 0 Å². The number of thiazole rings is 1. The summed E-state index contributed by atoms with van der Waals surface area (Å²) in [6.45, 7) is 3.06. The summed E-state index contributed by atoms with van der Waals surface area (Å²) in [5.41, 5.74) is 3.08. The molecule has 0 aliphatic carbocycles. The molecule has 1 saturated heterocycles. The second-order valence-electron chi connectivity index (χ2n) is 4.36. The molecule has 3 rings (SSSR count). The summed E-state index contributed by atoms with van der Waals surface area (Å²) in [6.07, 6.45) is 5.90. The summed E-state index contributed by atoms with van der Waals surface area (Å²) in [5, 5.41) is 6.31. The predicted molar refractivity (Wildman–Crippen MR) is 65.6 cm³/mol. The van der Waals surface area contributed by atoms with E-state index in [2.05, 4.69) is 25.3 Å². The summed E-state index contributed by atoms with van der Waals surface area (Å²) in [4.78, 5) is 10.8. The average molecular weight is 249 g/mol. The summed E-state index contributed by atoms with van der Waals surface area (Å²) in [6, 6.07) is 0.568. The standard InChI is InChI=1S/C11H15N5S/c1-2-11(5-16-8-12-7-14-16)15(3-1)4-10-6-17-9-13-10/h6-9,11H,1-5H2/t11-/m0/s1. The zero-order valence-corrected chi connectivity index (χ0v) is 10.4. The fourth-order valence-electron chi connectivity index (χ4n) is 2.38. The van der Waals surface area contributed by atoms with Crippen molar-refractivity contribution in [1.29, 1.82) is 0 Å². The van der Waals surface area contributed by atoms with E-state index in [1.54, 1.807) is 24.0 Å². The second-order valence-corrected chi connectivity index (χ2v) is 5.08. The normalized spacial score (nSPS) is 21.1. The molecule has 1 aliphatic rings. The Labute approximate surface area is 104 Å². The van der Waals surface area contributed by atoms with Crippen LogP contribution in [0.3, 0.4) is 0 Å². The molecule has 0 unspecified atom stereocenters. The Balaban J connectivity index is 1.63. The average Bonchev–Trinajstić information content (AvgIpc) is 3.04. The third kappa shape index (κ3) is 2.53. The highest BCUT2D eigenvalue weighted by molar-refractivity contribution is 7.07. The van der Waals surface area contributed by atoms with Gasteiger partial charge in [-0.05, 0) is 19.4 Å². The molecule has 1 fully saturated rings. The van der Waals surface area contributed by atoms with Gasteiger partial charge in [-0.25, -0.2) is 9.97 Å². The third-order valence-corrected chi connectivity index (χ3v) is 3.85. The molecule has 0 amide bonds. The van der Waals surface area contributed by atoms with Crippen LogP contribution in [0.15, 0.2) is 23.5 Å². The van der Waals surface area contributed by atoms with E-state index in [9.17, 15) is 0 Å². The first-order chi connectivity index (χ1) is 8.42. The van der Waals surface area contributed by atoms with Crippen LogP contribution < -0.4 is 0 Å². The van der Waals surface area contributed by atoms with Gasteiger partial charge < -0.3 is 0 Å². The highest BCUT2D eigenvalue weighted by atomic mass is 32.1. The highest BCUT2D eigenvalue weighted by Crippen LogP contribution is 2.21. The molecule has 1 aliphatic heterocycles. The van der Waals surface area contributed by atoms with E-state index < -0.39 is 0 Å². The maximum atomic E-state index is 4.35. The van der Waals surface area contributed by atoms with Crippen LogP contribution in [0.1, 0.15) is 18.5 Å². The van der Waals surface area contributed by atoms with Gasteiger partial charge in [0, 0.05) is 18.0 Å². The number of nitrogens with zero attached hydrogens (tertiary/aromatic N) is 5. The maximum absolute atomic E-state index is 4.35. The quantitative estimate of drug-likeness (QED) is 0.821. The van der Waals surface area contributed by atoms with E-state index in [1.165, 1.54) is 18.5 Å². The third-order valence-electron chi connectivity index (χ3n) is 3.21. The molecule has 17 heavy (non-hydrogen) atoms. The van der Waals surface area contributed by atoms with E-state index in [4.69, 9.17) is 0 Å². The lowest BCUT2D eigenvalue weighted by molar-refractivity contribution is 0.217. The van der Waals surface area contributed by atoms with Gasteiger partial charge in [0.15, 0.2) is 0 Å². The van der Waals surface area contributed by atoms with Crippen LogP contribution >= 0.6 is 11.3 Å². The molecule has 2 aromatic heterocycles. The second kappa shape index (κ2) is 4.93. The van der Waals surface area contributed by atoms with Crippen molar-refractivity contribution < 1.29 is 0 Å². The number of likely N-dealkylation sites (tertiary alicyclic amines) is 1. The summed E-state index contributed by atoms with van der Waals surface area (Å²) in [7, 11) is 0. The van der Waals surface area contributed by atoms with Crippen LogP contribution in [0.2, 0.25) is 0 Å². The van der Waals surface area contributed by atoms with Gasteiger partial charge in [-0.1, -0.05) is 0 Å². The first-order valence-electron chi connectivity index (χ1n) is 5.85. The summed E-state index contributed by atoms with van der Waals surface area (Å²) >= 11 is 1.66. The van der Waals surface area contributed by atoms with Crippen molar-refractivity contribution in [2.75, 3.05) is 6.54 Å². The zero-order chi connectivity index (χ0) is 11.5. The predicted octanol–water partition coefficient (Wildman–Crippen LogP) is 1.40. The molecule has 5 nitrogen and oxygen atoms in total. The molecule has 0 bridgehead atoms. The van der Waals surface area contributed by atoms with Crippen LogP contribution in [-0.2, 0) is 13.1 Å².